The number of unbranched alkanes of at least 4 members (excludes halogenated alkanes) is 1. The third kappa shape index (κ3) is 7.30. The zero-order valence-corrected chi connectivity index (χ0v) is 16.6. The van der Waals surface area contributed by atoms with Gasteiger partial charge < -0.3 is 10.6 Å². The second kappa shape index (κ2) is 10.3. The molecule has 1 rings (SSSR count). The highest BCUT2D eigenvalue weighted by molar-refractivity contribution is 7.90. The molecule has 0 aromatic heterocycles. The van der Waals surface area contributed by atoms with E-state index in [2.05, 4.69) is 29.5 Å². The molecule has 1 fully saturated rings. The number of guanidine groups is 1. The predicted octanol–water partition coefficient (Wildman–Crippen LogP) is 2.68. The Labute approximate surface area is 154 Å². The largest absolute Gasteiger partial charge is 0.511 e. The van der Waals surface area contributed by atoms with Crippen LogP contribution in [0.25, 0.3) is 0 Å². The first-order valence-electron chi connectivity index (χ1n) is 9.19. The van der Waals surface area contributed by atoms with Crippen LogP contribution in [-0.4, -0.2) is 56.4 Å². The van der Waals surface area contributed by atoms with Gasteiger partial charge in [-0.05, 0) is 32.1 Å². The zero-order valence-electron chi connectivity index (χ0n) is 15.8. The molecular weight excluding hydrogens is 369 g/mol. The first kappa shape index (κ1) is 23.0. The minimum absolute atomic E-state index is 0.0943. The molecule has 1 aliphatic rings. The van der Waals surface area contributed by atoms with E-state index in [4.69, 9.17) is 0 Å². The van der Waals surface area contributed by atoms with Gasteiger partial charge in [-0.3, -0.25) is 4.99 Å². The van der Waals surface area contributed by atoms with Crippen molar-refractivity contribution < 1.29 is 21.6 Å². The van der Waals surface area contributed by atoms with Crippen LogP contribution in [0, 0.1) is 5.92 Å². The second-order valence-corrected chi connectivity index (χ2v) is 8.85. The predicted molar refractivity (Wildman–Crippen MR) is 97.4 cm³/mol. The molecule has 1 aliphatic heterocycles. The van der Waals surface area contributed by atoms with Crippen molar-refractivity contribution in [2.45, 2.75) is 64.4 Å². The molecule has 154 valence electrons. The molecule has 6 nitrogen and oxygen atoms in total. The number of hydrogen-bond acceptors (Lipinski definition) is 3. The number of rotatable bonds is 8. The van der Waals surface area contributed by atoms with E-state index in [1.165, 1.54) is 0 Å². The standard InChI is InChI=1S/C16H31F3N4O2S/c1-4-20-15(21-10-6-5-7-13(2)3)22-14-8-11-23(12-9-14)26(24,25)16(17,18)19/h13-14H,4-12H2,1-3H3,(H2,20,21,22). The average Bonchev–Trinajstić information content (AvgIpc) is 2.53. The Morgan fingerprint density at radius 2 is 1.85 bits per heavy atom. The van der Waals surface area contributed by atoms with Crippen LogP contribution in [0.3, 0.4) is 0 Å². The maximum atomic E-state index is 12.6. The van der Waals surface area contributed by atoms with Crippen LogP contribution in [-0.2, 0) is 10.0 Å². The van der Waals surface area contributed by atoms with E-state index >= 15 is 0 Å². The molecule has 26 heavy (non-hydrogen) atoms. The number of halogens is 3. The number of piperidine rings is 1. The van der Waals surface area contributed by atoms with Crippen molar-refractivity contribution in [3.63, 3.8) is 0 Å². The van der Waals surface area contributed by atoms with Gasteiger partial charge >= 0.3 is 15.5 Å². The zero-order chi connectivity index (χ0) is 19.8. The molecule has 0 unspecified atom stereocenters. The van der Waals surface area contributed by atoms with E-state index < -0.39 is 15.5 Å². The Hall–Kier alpha value is -1.03. The summed E-state index contributed by atoms with van der Waals surface area (Å²) in [5.74, 6) is 1.30. The lowest BCUT2D eigenvalue weighted by molar-refractivity contribution is -0.0494. The van der Waals surface area contributed by atoms with E-state index in [9.17, 15) is 21.6 Å². The monoisotopic (exact) mass is 400 g/mol. The number of nitrogens with one attached hydrogen (secondary N) is 2. The molecule has 0 aliphatic carbocycles. The van der Waals surface area contributed by atoms with Crippen molar-refractivity contribution in [3.8, 4) is 0 Å². The van der Waals surface area contributed by atoms with Crippen molar-refractivity contribution in [2.24, 2.45) is 10.9 Å². The second-order valence-electron chi connectivity index (χ2n) is 6.92. The molecule has 0 saturated carbocycles. The topological polar surface area (TPSA) is 73.8 Å². The first-order valence-corrected chi connectivity index (χ1v) is 10.6. The van der Waals surface area contributed by atoms with Gasteiger partial charge in [0, 0.05) is 32.2 Å². The fourth-order valence-corrected chi connectivity index (χ4v) is 3.74. The lowest BCUT2D eigenvalue weighted by atomic mass is 10.1. The van der Waals surface area contributed by atoms with Crippen LogP contribution in [0.4, 0.5) is 13.2 Å². The normalized spacial score (nSPS) is 18.3. The van der Waals surface area contributed by atoms with Gasteiger partial charge in [-0.2, -0.15) is 17.5 Å². The Balaban J connectivity index is 2.49. The molecule has 2 N–H and O–H groups in total. The fourth-order valence-electron chi connectivity index (χ4n) is 2.76. The Bertz CT molecular complexity index is 542. The van der Waals surface area contributed by atoms with Crippen molar-refractivity contribution >= 4 is 16.0 Å². The summed E-state index contributed by atoms with van der Waals surface area (Å²) >= 11 is 0. The van der Waals surface area contributed by atoms with E-state index in [0.717, 1.165) is 19.3 Å². The molecule has 0 spiro atoms. The summed E-state index contributed by atoms with van der Waals surface area (Å²) in [6, 6.07) is -0.0943. The Kier molecular flexibility index (Phi) is 9.15. The van der Waals surface area contributed by atoms with Gasteiger partial charge in [-0.15, -0.1) is 0 Å². The Morgan fingerprint density at radius 1 is 1.23 bits per heavy atom. The van der Waals surface area contributed by atoms with Gasteiger partial charge in [-0.25, -0.2) is 8.42 Å². The lowest BCUT2D eigenvalue weighted by Gasteiger charge is -2.32. The highest BCUT2D eigenvalue weighted by atomic mass is 32.2. The van der Waals surface area contributed by atoms with Crippen LogP contribution in [0.1, 0.15) is 52.9 Å². The van der Waals surface area contributed by atoms with Crippen LogP contribution < -0.4 is 10.6 Å². The number of sulfonamides is 1. The van der Waals surface area contributed by atoms with Crippen molar-refractivity contribution in [1.82, 2.24) is 14.9 Å². The highest BCUT2D eigenvalue weighted by Gasteiger charge is 2.50. The molecule has 0 atom stereocenters. The van der Waals surface area contributed by atoms with Gasteiger partial charge in [0.05, 0.1) is 0 Å². The van der Waals surface area contributed by atoms with E-state index in [-0.39, 0.29) is 19.1 Å². The number of hydrogen-bond donors (Lipinski definition) is 2. The van der Waals surface area contributed by atoms with Crippen LogP contribution in [0.2, 0.25) is 0 Å². The summed E-state index contributed by atoms with van der Waals surface area (Å²) in [4.78, 5) is 4.49. The van der Waals surface area contributed by atoms with Crippen molar-refractivity contribution in [2.75, 3.05) is 26.2 Å². The molecule has 1 heterocycles. The third-order valence-corrected chi connectivity index (χ3v) is 5.86. The van der Waals surface area contributed by atoms with E-state index in [1.54, 1.807) is 0 Å². The summed E-state index contributed by atoms with van der Waals surface area (Å²) in [7, 11) is -5.23. The van der Waals surface area contributed by atoms with Gasteiger partial charge in [0.15, 0.2) is 5.96 Å². The highest BCUT2D eigenvalue weighted by Crippen LogP contribution is 2.28. The molecule has 0 bridgehead atoms. The van der Waals surface area contributed by atoms with Gasteiger partial charge in [0.1, 0.15) is 0 Å². The fraction of sp³-hybridized carbons (Fsp3) is 0.938. The molecule has 10 heteroatoms. The van der Waals surface area contributed by atoms with Crippen molar-refractivity contribution in [3.05, 3.63) is 0 Å². The number of alkyl halides is 3. The van der Waals surface area contributed by atoms with Gasteiger partial charge in [-0.1, -0.05) is 26.7 Å². The van der Waals surface area contributed by atoms with Crippen LogP contribution in [0.5, 0.6) is 0 Å². The summed E-state index contributed by atoms with van der Waals surface area (Å²) < 4.78 is 61.2. The smallest absolute Gasteiger partial charge is 0.357 e. The lowest BCUT2D eigenvalue weighted by Crippen LogP contribution is -2.51. The number of aliphatic imine (C=N–C) groups is 1. The van der Waals surface area contributed by atoms with Crippen molar-refractivity contribution in [1.29, 1.82) is 0 Å². The SMILES string of the molecule is CCNC(=NCCCCC(C)C)NC1CCN(S(=O)(=O)C(F)(F)F)CC1. The molecule has 0 radical (unpaired) electrons. The number of nitrogens with zero attached hydrogens (tertiary/aromatic N) is 2. The molecule has 0 aromatic rings. The molecular formula is C16H31F3N4O2S. The van der Waals surface area contributed by atoms with Crippen LogP contribution >= 0.6 is 0 Å². The molecule has 1 saturated heterocycles. The van der Waals surface area contributed by atoms with Gasteiger partial charge in [0.25, 0.3) is 0 Å². The Morgan fingerprint density at radius 3 is 2.35 bits per heavy atom. The van der Waals surface area contributed by atoms with Crippen LogP contribution in [0.15, 0.2) is 4.99 Å². The maximum absolute atomic E-state index is 12.6. The molecule has 0 amide bonds. The minimum atomic E-state index is -5.24. The first-order chi connectivity index (χ1) is 12.1. The molecule has 0 aromatic carbocycles. The van der Waals surface area contributed by atoms with E-state index in [0.29, 0.717) is 42.1 Å². The quantitative estimate of drug-likeness (QED) is 0.373. The van der Waals surface area contributed by atoms with E-state index in [1.807, 2.05) is 6.92 Å². The average molecular weight is 401 g/mol. The third-order valence-electron chi connectivity index (χ3n) is 4.23. The summed E-state index contributed by atoms with van der Waals surface area (Å²) in [6.45, 7) is 7.37. The summed E-state index contributed by atoms with van der Waals surface area (Å²) in [5, 5.41) is 6.33. The maximum Gasteiger partial charge on any atom is 0.511 e. The summed E-state index contributed by atoms with van der Waals surface area (Å²) in [5.41, 5.74) is -5.24. The van der Waals surface area contributed by atoms with Gasteiger partial charge in [0.2, 0.25) is 0 Å². The summed E-state index contributed by atoms with van der Waals surface area (Å²) in [6.07, 6.45) is 3.87. The minimum Gasteiger partial charge on any atom is -0.357 e.